The van der Waals surface area contributed by atoms with E-state index < -0.39 is 0 Å². The molecule has 0 aliphatic heterocycles. The Bertz CT molecular complexity index is 563. The van der Waals surface area contributed by atoms with Crippen molar-refractivity contribution in [3.63, 3.8) is 0 Å². The molecular weight excluding hydrogens is 250 g/mol. The monoisotopic (exact) mass is 263 g/mol. The van der Waals surface area contributed by atoms with Crippen LogP contribution in [0.4, 0.5) is 0 Å². The largest absolute Gasteiger partial charge is 0.496 e. The van der Waals surface area contributed by atoms with Crippen molar-refractivity contribution in [1.29, 1.82) is 0 Å². The second-order valence-corrected chi connectivity index (χ2v) is 4.95. The number of rotatable bonds is 3. The molecule has 3 rings (SSSR count). The van der Waals surface area contributed by atoms with Gasteiger partial charge in [-0.1, -0.05) is 18.0 Å². The maximum Gasteiger partial charge on any atom is 0.184 e. The van der Waals surface area contributed by atoms with E-state index in [0.29, 0.717) is 16.8 Å². The zero-order valence-corrected chi connectivity index (χ0v) is 10.9. The average Bonchev–Trinajstić information content (AvgIpc) is 2.76. The van der Waals surface area contributed by atoms with E-state index in [2.05, 4.69) is 15.2 Å². The molecule has 5 heteroatoms. The second kappa shape index (κ2) is 4.61. The van der Waals surface area contributed by atoms with E-state index >= 15 is 0 Å². The van der Waals surface area contributed by atoms with Gasteiger partial charge in [-0.25, -0.2) is 4.98 Å². The van der Waals surface area contributed by atoms with Crippen molar-refractivity contribution in [2.24, 2.45) is 0 Å². The topological polar surface area (TPSA) is 50.8 Å². The Morgan fingerprint density at radius 2 is 2.22 bits per heavy atom. The third-order valence-electron chi connectivity index (χ3n) is 3.40. The molecule has 0 atom stereocenters. The number of halogens is 1. The first-order valence-electron chi connectivity index (χ1n) is 6.04. The van der Waals surface area contributed by atoms with Crippen LogP contribution < -0.4 is 4.74 Å². The van der Waals surface area contributed by atoms with Crippen LogP contribution in [-0.4, -0.2) is 22.3 Å². The van der Waals surface area contributed by atoms with Crippen LogP contribution in [0.2, 0.25) is 5.02 Å². The first-order valence-corrected chi connectivity index (χ1v) is 6.42. The third-order valence-corrected chi connectivity index (χ3v) is 3.63. The minimum Gasteiger partial charge on any atom is -0.496 e. The lowest BCUT2D eigenvalue weighted by Crippen LogP contribution is -2.10. The molecule has 0 amide bonds. The Labute approximate surface area is 110 Å². The first-order chi connectivity index (χ1) is 8.78. The minimum absolute atomic E-state index is 0.538. The number of benzene rings is 1. The summed E-state index contributed by atoms with van der Waals surface area (Å²) in [5, 5.41) is 7.94. The molecule has 0 radical (unpaired) electrons. The fraction of sp³-hybridized carbons (Fsp3) is 0.385. The van der Waals surface area contributed by atoms with Gasteiger partial charge >= 0.3 is 0 Å². The number of nitrogens with one attached hydrogen (secondary N) is 1. The zero-order chi connectivity index (χ0) is 12.5. The Balaban J connectivity index is 1.98. The van der Waals surface area contributed by atoms with E-state index in [1.807, 2.05) is 12.1 Å². The molecule has 0 saturated heterocycles. The predicted molar refractivity (Wildman–Crippen MR) is 70.0 cm³/mol. The SMILES string of the molecule is COc1ccc(Cl)cc1-c1n[nH]c(C2CCC2)n1. The molecule has 1 aliphatic rings. The van der Waals surface area contributed by atoms with Gasteiger partial charge in [0.15, 0.2) is 5.82 Å². The lowest BCUT2D eigenvalue weighted by Gasteiger charge is -2.22. The highest BCUT2D eigenvalue weighted by Crippen LogP contribution is 2.36. The number of aromatic amines is 1. The normalized spacial score (nSPS) is 15.4. The van der Waals surface area contributed by atoms with Gasteiger partial charge in [0.05, 0.1) is 12.7 Å². The lowest BCUT2D eigenvalue weighted by atomic mass is 9.85. The second-order valence-electron chi connectivity index (χ2n) is 4.52. The van der Waals surface area contributed by atoms with Gasteiger partial charge in [-0.2, -0.15) is 5.10 Å². The van der Waals surface area contributed by atoms with Gasteiger partial charge in [0, 0.05) is 10.9 Å². The summed E-state index contributed by atoms with van der Waals surface area (Å²) in [6, 6.07) is 5.45. The molecule has 1 saturated carbocycles. The summed E-state index contributed by atoms with van der Waals surface area (Å²) in [7, 11) is 1.63. The van der Waals surface area contributed by atoms with Crippen LogP contribution in [0, 0.1) is 0 Å². The lowest BCUT2D eigenvalue weighted by molar-refractivity contribution is 0.402. The number of hydrogen-bond donors (Lipinski definition) is 1. The van der Waals surface area contributed by atoms with Gasteiger partial charge in [0.1, 0.15) is 11.6 Å². The molecular formula is C13H14ClN3O. The van der Waals surface area contributed by atoms with Crippen molar-refractivity contribution in [3.8, 4) is 17.1 Å². The van der Waals surface area contributed by atoms with E-state index in [0.717, 1.165) is 17.1 Å². The molecule has 1 aromatic heterocycles. The van der Waals surface area contributed by atoms with Gasteiger partial charge in [-0.05, 0) is 31.0 Å². The van der Waals surface area contributed by atoms with Crippen LogP contribution in [-0.2, 0) is 0 Å². The van der Waals surface area contributed by atoms with Gasteiger partial charge in [-0.15, -0.1) is 0 Å². The highest BCUT2D eigenvalue weighted by Gasteiger charge is 2.23. The highest BCUT2D eigenvalue weighted by molar-refractivity contribution is 6.30. The van der Waals surface area contributed by atoms with Crippen molar-refractivity contribution in [3.05, 3.63) is 29.0 Å². The number of aromatic nitrogens is 3. The van der Waals surface area contributed by atoms with Gasteiger partial charge in [-0.3, -0.25) is 5.10 Å². The van der Waals surface area contributed by atoms with Gasteiger partial charge < -0.3 is 4.74 Å². The summed E-state index contributed by atoms with van der Waals surface area (Å²) >= 11 is 6.01. The maximum absolute atomic E-state index is 6.01. The number of nitrogens with zero attached hydrogens (tertiary/aromatic N) is 2. The van der Waals surface area contributed by atoms with Crippen LogP contribution in [0.15, 0.2) is 18.2 Å². The molecule has 0 spiro atoms. The summed E-state index contributed by atoms with van der Waals surface area (Å²) in [5.74, 6) is 2.89. The Morgan fingerprint density at radius 1 is 1.39 bits per heavy atom. The summed E-state index contributed by atoms with van der Waals surface area (Å²) in [5.41, 5.74) is 0.826. The molecule has 1 heterocycles. The quantitative estimate of drug-likeness (QED) is 0.923. The molecule has 94 valence electrons. The van der Waals surface area contributed by atoms with Crippen molar-refractivity contribution in [1.82, 2.24) is 15.2 Å². The van der Waals surface area contributed by atoms with Crippen LogP contribution in [0.25, 0.3) is 11.4 Å². The average molecular weight is 264 g/mol. The van der Waals surface area contributed by atoms with E-state index in [1.54, 1.807) is 13.2 Å². The van der Waals surface area contributed by atoms with Gasteiger partial charge in [0.25, 0.3) is 0 Å². The number of H-pyrrole nitrogens is 1. The molecule has 0 unspecified atom stereocenters. The molecule has 0 bridgehead atoms. The van der Waals surface area contributed by atoms with Crippen molar-refractivity contribution >= 4 is 11.6 Å². The molecule has 1 N–H and O–H groups in total. The van der Waals surface area contributed by atoms with E-state index in [1.165, 1.54) is 19.3 Å². The molecule has 1 aliphatic carbocycles. The maximum atomic E-state index is 6.01. The number of ether oxygens (including phenoxy) is 1. The van der Waals surface area contributed by atoms with Crippen LogP contribution in [0.1, 0.15) is 31.0 Å². The predicted octanol–water partition coefficient (Wildman–Crippen LogP) is 3.40. The minimum atomic E-state index is 0.538. The van der Waals surface area contributed by atoms with E-state index in [-0.39, 0.29) is 0 Å². The van der Waals surface area contributed by atoms with Crippen LogP contribution >= 0.6 is 11.6 Å². The smallest absolute Gasteiger partial charge is 0.184 e. The van der Waals surface area contributed by atoms with E-state index in [4.69, 9.17) is 16.3 Å². The molecule has 1 fully saturated rings. The highest BCUT2D eigenvalue weighted by atomic mass is 35.5. The molecule has 1 aromatic carbocycles. The Kier molecular flexibility index (Phi) is 2.96. The summed E-state index contributed by atoms with van der Waals surface area (Å²) < 4.78 is 5.31. The number of hydrogen-bond acceptors (Lipinski definition) is 3. The summed E-state index contributed by atoms with van der Waals surface area (Å²) in [4.78, 5) is 4.55. The van der Waals surface area contributed by atoms with Crippen molar-refractivity contribution < 1.29 is 4.74 Å². The van der Waals surface area contributed by atoms with Gasteiger partial charge in [0.2, 0.25) is 0 Å². The Hall–Kier alpha value is -1.55. The summed E-state index contributed by atoms with van der Waals surface area (Å²) in [6.45, 7) is 0. The standard InChI is InChI=1S/C13H14ClN3O/c1-18-11-6-5-9(14)7-10(11)13-15-12(16-17-13)8-3-2-4-8/h5-8H,2-4H2,1H3,(H,15,16,17). The van der Waals surface area contributed by atoms with E-state index in [9.17, 15) is 0 Å². The number of methoxy groups -OCH3 is 1. The van der Waals surface area contributed by atoms with Crippen LogP contribution in [0.3, 0.4) is 0 Å². The fourth-order valence-corrected chi connectivity index (χ4v) is 2.29. The molecule has 18 heavy (non-hydrogen) atoms. The molecule has 2 aromatic rings. The van der Waals surface area contributed by atoms with Crippen LogP contribution in [0.5, 0.6) is 5.75 Å². The first kappa shape index (κ1) is 11.5. The van der Waals surface area contributed by atoms with Crippen molar-refractivity contribution in [2.75, 3.05) is 7.11 Å². The van der Waals surface area contributed by atoms with Crippen molar-refractivity contribution in [2.45, 2.75) is 25.2 Å². The third kappa shape index (κ3) is 1.97. The zero-order valence-electron chi connectivity index (χ0n) is 10.1. The fourth-order valence-electron chi connectivity index (χ4n) is 2.11. The summed E-state index contributed by atoms with van der Waals surface area (Å²) in [6.07, 6.45) is 3.67. The molecule has 4 nitrogen and oxygen atoms in total. The Morgan fingerprint density at radius 3 is 2.89 bits per heavy atom.